The first-order valence-corrected chi connectivity index (χ1v) is 3.09. The van der Waals surface area contributed by atoms with Crippen molar-refractivity contribution in [2.75, 3.05) is 14.2 Å². The van der Waals surface area contributed by atoms with Gasteiger partial charge in [0.05, 0.1) is 13.3 Å². The molecule has 0 bridgehead atoms. The topological polar surface area (TPSA) is 67.0 Å². The molecule has 0 aliphatic carbocycles. The number of hydrogen-bond acceptors (Lipinski definition) is 3. The number of nitrogens with one attached hydrogen (secondary N) is 2. The molecular weight excluding hydrogens is 146 g/mol. The Morgan fingerprint density at radius 3 is 3.09 bits per heavy atom. The summed E-state index contributed by atoms with van der Waals surface area (Å²) in [5.74, 6) is 0.167. The fourth-order valence-corrected chi connectivity index (χ4v) is 0.726. The van der Waals surface area contributed by atoms with Gasteiger partial charge in [0.2, 0.25) is 5.88 Å². The molecule has 5 nitrogen and oxygen atoms in total. The number of rotatable bonds is 2. The second-order valence-corrected chi connectivity index (χ2v) is 1.90. The van der Waals surface area contributed by atoms with E-state index < -0.39 is 0 Å². The minimum atomic E-state index is -0.212. The molecule has 0 aliphatic rings. The summed E-state index contributed by atoms with van der Waals surface area (Å²) in [5, 5.41) is 8.65. The number of aromatic nitrogens is 2. The first-order valence-electron chi connectivity index (χ1n) is 3.09. The summed E-state index contributed by atoms with van der Waals surface area (Å²) < 4.78 is 4.83. The summed E-state index contributed by atoms with van der Waals surface area (Å²) in [7, 11) is 3.02. The molecule has 0 atom stereocenters. The largest absolute Gasteiger partial charge is 0.481 e. The molecule has 1 heterocycles. The lowest BCUT2D eigenvalue weighted by atomic mass is 10.3. The second kappa shape index (κ2) is 3.05. The second-order valence-electron chi connectivity index (χ2n) is 1.90. The maximum atomic E-state index is 11.0. The van der Waals surface area contributed by atoms with Crippen LogP contribution < -0.4 is 10.1 Å². The van der Waals surface area contributed by atoms with Gasteiger partial charge in [0.25, 0.3) is 5.91 Å². The van der Waals surface area contributed by atoms with E-state index >= 15 is 0 Å². The van der Waals surface area contributed by atoms with Crippen molar-refractivity contribution in [2.45, 2.75) is 0 Å². The molecule has 0 aliphatic heterocycles. The Morgan fingerprint density at radius 2 is 2.55 bits per heavy atom. The van der Waals surface area contributed by atoms with E-state index in [9.17, 15) is 4.79 Å². The van der Waals surface area contributed by atoms with Crippen molar-refractivity contribution in [1.29, 1.82) is 0 Å². The number of carbonyl (C=O) groups excluding carboxylic acids is 1. The molecule has 2 N–H and O–H groups in total. The molecule has 11 heavy (non-hydrogen) atoms. The van der Waals surface area contributed by atoms with Crippen LogP contribution in [0, 0.1) is 0 Å². The predicted octanol–water partition coefficient (Wildman–Crippen LogP) is -0.222. The molecule has 60 valence electrons. The van der Waals surface area contributed by atoms with E-state index in [-0.39, 0.29) is 5.91 Å². The lowest BCUT2D eigenvalue weighted by Crippen LogP contribution is -2.17. The zero-order valence-corrected chi connectivity index (χ0v) is 6.34. The maximum Gasteiger partial charge on any atom is 0.258 e. The van der Waals surface area contributed by atoms with Gasteiger partial charge in [-0.1, -0.05) is 0 Å². The molecule has 0 unspecified atom stereocenters. The van der Waals surface area contributed by atoms with Crippen LogP contribution >= 0.6 is 0 Å². The summed E-state index contributed by atoms with van der Waals surface area (Å²) in [4.78, 5) is 11.0. The number of hydrogen-bond donors (Lipinski definition) is 2. The van der Waals surface area contributed by atoms with Gasteiger partial charge in [0, 0.05) is 7.05 Å². The Hall–Kier alpha value is -1.52. The zero-order chi connectivity index (χ0) is 8.27. The average Bonchev–Trinajstić information content (AvgIpc) is 2.50. The number of methoxy groups -OCH3 is 1. The smallest absolute Gasteiger partial charge is 0.258 e. The van der Waals surface area contributed by atoms with Gasteiger partial charge in [-0.25, -0.2) is 5.10 Å². The summed E-state index contributed by atoms with van der Waals surface area (Å²) in [5.41, 5.74) is 0.412. The highest BCUT2D eigenvalue weighted by Crippen LogP contribution is 2.11. The number of ether oxygens (including phenoxy) is 1. The summed E-state index contributed by atoms with van der Waals surface area (Å²) >= 11 is 0. The lowest BCUT2D eigenvalue weighted by molar-refractivity contribution is 0.0960. The highest BCUT2D eigenvalue weighted by Gasteiger charge is 2.11. The fraction of sp³-hybridized carbons (Fsp3) is 0.333. The van der Waals surface area contributed by atoms with Crippen molar-refractivity contribution >= 4 is 5.91 Å². The summed E-state index contributed by atoms with van der Waals surface area (Å²) in [6, 6.07) is 0. The monoisotopic (exact) mass is 155 g/mol. The van der Waals surface area contributed by atoms with E-state index in [4.69, 9.17) is 4.74 Å². The van der Waals surface area contributed by atoms with Gasteiger partial charge >= 0.3 is 0 Å². The van der Waals surface area contributed by atoms with Gasteiger partial charge in [-0.3, -0.25) is 4.79 Å². The minimum absolute atomic E-state index is 0.212. The third-order valence-corrected chi connectivity index (χ3v) is 1.28. The van der Waals surface area contributed by atoms with Crippen molar-refractivity contribution < 1.29 is 9.53 Å². The minimum Gasteiger partial charge on any atom is -0.481 e. The van der Waals surface area contributed by atoms with E-state index in [1.54, 1.807) is 7.05 Å². The van der Waals surface area contributed by atoms with Gasteiger partial charge in [-0.2, -0.15) is 5.10 Å². The third-order valence-electron chi connectivity index (χ3n) is 1.28. The van der Waals surface area contributed by atoms with Crippen LogP contribution in [0.1, 0.15) is 10.4 Å². The molecule has 1 rings (SSSR count). The normalized spacial score (nSPS) is 9.27. The molecule has 0 radical (unpaired) electrons. The van der Waals surface area contributed by atoms with Gasteiger partial charge in [0.15, 0.2) is 0 Å². The Bertz CT molecular complexity index is 256. The number of H-pyrrole nitrogens is 1. The summed E-state index contributed by atoms with van der Waals surface area (Å²) in [6.45, 7) is 0. The van der Waals surface area contributed by atoms with Crippen molar-refractivity contribution in [3.63, 3.8) is 0 Å². The zero-order valence-electron chi connectivity index (χ0n) is 6.34. The highest BCUT2D eigenvalue weighted by atomic mass is 16.5. The van der Waals surface area contributed by atoms with Crippen LogP contribution in [0.3, 0.4) is 0 Å². The summed E-state index contributed by atoms with van der Waals surface area (Å²) in [6.07, 6.45) is 1.41. The number of amides is 1. The molecule has 0 fully saturated rings. The SMILES string of the molecule is CNC(=O)c1cn[nH]c1OC. The van der Waals surface area contributed by atoms with Crippen molar-refractivity contribution in [3.05, 3.63) is 11.8 Å². The van der Waals surface area contributed by atoms with E-state index in [2.05, 4.69) is 15.5 Å². The quantitative estimate of drug-likeness (QED) is 0.620. The molecular formula is C6H9N3O2. The molecule has 0 spiro atoms. The fourth-order valence-electron chi connectivity index (χ4n) is 0.726. The van der Waals surface area contributed by atoms with Crippen LogP contribution in [-0.4, -0.2) is 30.3 Å². The van der Waals surface area contributed by atoms with Crippen LogP contribution in [0.2, 0.25) is 0 Å². The van der Waals surface area contributed by atoms with Crippen molar-refractivity contribution in [1.82, 2.24) is 15.5 Å². The molecule has 1 amide bonds. The average molecular weight is 155 g/mol. The Balaban J connectivity index is 2.92. The van der Waals surface area contributed by atoms with Crippen molar-refractivity contribution in [2.24, 2.45) is 0 Å². The molecule has 0 saturated heterocycles. The third kappa shape index (κ3) is 1.31. The van der Waals surface area contributed by atoms with E-state index in [0.717, 1.165) is 0 Å². The van der Waals surface area contributed by atoms with Crippen LogP contribution in [0.5, 0.6) is 5.88 Å². The first-order chi connectivity index (χ1) is 5.29. The van der Waals surface area contributed by atoms with Crippen molar-refractivity contribution in [3.8, 4) is 5.88 Å². The van der Waals surface area contributed by atoms with E-state index in [0.29, 0.717) is 11.4 Å². The lowest BCUT2D eigenvalue weighted by Gasteiger charge is -1.98. The van der Waals surface area contributed by atoms with Crippen LogP contribution in [0.15, 0.2) is 6.20 Å². The first kappa shape index (κ1) is 7.59. The van der Waals surface area contributed by atoms with Gasteiger partial charge in [0.1, 0.15) is 5.56 Å². The van der Waals surface area contributed by atoms with Crippen LogP contribution in [0.25, 0.3) is 0 Å². The molecule has 1 aromatic rings. The molecule has 1 aromatic heterocycles. The number of aromatic amines is 1. The molecule has 0 aromatic carbocycles. The van der Waals surface area contributed by atoms with E-state index in [1.807, 2.05) is 0 Å². The number of carbonyl (C=O) groups is 1. The van der Waals surface area contributed by atoms with Gasteiger partial charge in [-0.15, -0.1) is 0 Å². The molecule has 0 saturated carbocycles. The van der Waals surface area contributed by atoms with Crippen LogP contribution in [-0.2, 0) is 0 Å². The van der Waals surface area contributed by atoms with Crippen LogP contribution in [0.4, 0.5) is 0 Å². The van der Waals surface area contributed by atoms with Gasteiger partial charge in [-0.05, 0) is 0 Å². The highest BCUT2D eigenvalue weighted by molar-refractivity contribution is 5.95. The standard InChI is InChI=1S/C6H9N3O2/c1-7-5(10)4-3-8-9-6(4)11-2/h3H,1-2H3,(H,7,10)(H,8,9). The Kier molecular flexibility index (Phi) is 2.10. The predicted molar refractivity (Wildman–Crippen MR) is 38.5 cm³/mol. The van der Waals surface area contributed by atoms with E-state index in [1.165, 1.54) is 13.3 Å². The Labute approximate surface area is 63.7 Å². The number of nitrogens with zero attached hydrogens (tertiary/aromatic N) is 1. The van der Waals surface area contributed by atoms with Gasteiger partial charge < -0.3 is 10.1 Å². The molecule has 5 heteroatoms. The maximum absolute atomic E-state index is 11.0. The Morgan fingerprint density at radius 1 is 1.82 bits per heavy atom.